The predicted molar refractivity (Wildman–Crippen MR) is 71.9 cm³/mol. The Morgan fingerprint density at radius 1 is 1.45 bits per heavy atom. The second-order valence-electron chi connectivity index (χ2n) is 4.48. The van der Waals surface area contributed by atoms with Crippen LogP contribution in [0.5, 0.6) is 5.75 Å². The van der Waals surface area contributed by atoms with Crippen LogP contribution in [0.4, 0.5) is 4.39 Å². The fourth-order valence-electron chi connectivity index (χ4n) is 2.14. The van der Waals surface area contributed by atoms with Crippen LogP contribution in [0.2, 0.25) is 0 Å². The molecule has 0 fully saturated rings. The van der Waals surface area contributed by atoms with Crippen molar-refractivity contribution in [3.05, 3.63) is 41.7 Å². The summed E-state index contributed by atoms with van der Waals surface area (Å²) >= 11 is 0. The summed E-state index contributed by atoms with van der Waals surface area (Å²) in [5.74, 6) is 0.474. The summed E-state index contributed by atoms with van der Waals surface area (Å²) in [4.78, 5) is 4.11. The molecule has 6 heteroatoms. The molecule has 0 aliphatic carbocycles. The third-order valence-electron chi connectivity index (χ3n) is 3.07. The van der Waals surface area contributed by atoms with E-state index in [-0.39, 0.29) is 12.0 Å². The second kappa shape index (κ2) is 6.47. The maximum Gasteiger partial charge on any atom is 0.138 e. The zero-order valence-corrected chi connectivity index (χ0v) is 11.6. The number of methoxy groups -OCH3 is 1. The van der Waals surface area contributed by atoms with Gasteiger partial charge in [0.25, 0.3) is 0 Å². The Morgan fingerprint density at radius 2 is 2.25 bits per heavy atom. The number of hydrogen-bond donors (Lipinski definition) is 1. The largest absolute Gasteiger partial charge is 0.496 e. The summed E-state index contributed by atoms with van der Waals surface area (Å²) < 4.78 is 20.7. The molecule has 1 aromatic heterocycles. The Morgan fingerprint density at radius 3 is 2.95 bits per heavy atom. The van der Waals surface area contributed by atoms with Gasteiger partial charge in [0, 0.05) is 13.0 Å². The highest BCUT2D eigenvalue weighted by atomic mass is 19.1. The van der Waals surface area contributed by atoms with E-state index in [1.165, 1.54) is 19.5 Å². The average Bonchev–Trinajstić information content (AvgIpc) is 2.86. The number of aliphatic hydroxyl groups excluding tert-OH is 1. The van der Waals surface area contributed by atoms with Crippen LogP contribution < -0.4 is 4.74 Å². The van der Waals surface area contributed by atoms with Gasteiger partial charge in [-0.2, -0.15) is 5.10 Å². The highest BCUT2D eigenvalue weighted by Crippen LogP contribution is 2.29. The van der Waals surface area contributed by atoms with Crippen LogP contribution in [0.25, 0.3) is 0 Å². The molecule has 0 aliphatic rings. The zero-order valence-electron chi connectivity index (χ0n) is 11.6. The quantitative estimate of drug-likeness (QED) is 0.879. The number of halogens is 1. The van der Waals surface area contributed by atoms with Gasteiger partial charge in [-0.15, -0.1) is 0 Å². The first kappa shape index (κ1) is 14.5. The smallest absolute Gasteiger partial charge is 0.138 e. The van der Waals surface area contributed by atoms with Crippen LogP contribution in [0.3, 0.4) is 0 Å². The summed E-state index contributed by atoms with van der Waals surface area (Å²) in [5, 5.41) is 14.4. The van der Waals surface area contributed by atoms with Crippen LogP contribution in [-0.4, -0.2) is 27.0 Å². The van der Waals surface area contributed by atoms with Crippen molar-refractivity contribution >= 4 is 0 Å². The maximum absolute atomic E-state index is 13.9. The molecule has 20 heavy (non-hydrogen) atoms. The molecule has 2 aromatic rings. The van der Waals surface area contributed by atoms with E-state index < -0.39 is 11.9 Å². The number of nitrogens with zero attached hydrogens (tertiary/aromatic N) is 3. The highest BCUT2D eigenvalue weighted by Gasteiger charge is 2.20. The Bertz CT molecular complexity index is 571. The van der Waals surface area contributed by atoms with Crippen LogP contribution in [-0.2, 0) is 13.0 Å². The SMILES string of the molecule is CCCn1ncnc1CC(O)c1c(F)cccc1OC. The van der Waals surface area contributed by atoms with Crippen molar-refractivity contribution in [2.24, 2.45) is 0 Å². The van der Waals surface area contributed by atoms with E-state index in [0.717, 1.165) is 13.0 Å². The van der Waals surface area contributed by atoms with E-state index in [4.69, 9.17) is 4.74 Å². The molecule has 108 valence electrons. The molecule has 1 aromatic carbocycles. The van der Waals surface area contributed by atoms with E-state index >= 15 is 0 Å². The van der Waals surface area contributed by atoms with Gasteiger partial charge in [0.15, 0.2) is 0 Å². The van der Waals surface area contributed by atoms with Gasteiger partial charge in [0.2, 0.25) is 0 Å². The molecule has 5 nitrogen and oxygen atoms in total. The lowest BCUT2D eigenvalue weighted by Gasteiger charge is -2.15. The van der Waals surface area contributed by atoms with Crippen molar-refractivity contribution < 1.29 is 14.2 Å². The van der Waals surface area contributed by atoms with Gasteiger partial charge < -0.3 is 9.84 Å². The van der Waals surface area contributed by atoms with Gasteiger partial charge in [-0.25, -0.2) is 9.37 Å². The van der Waals surface area contributed by atoms with Crippen LogP contribution in [0.15, 0.2) is 24.5 Å². The minimum Gasteiger partial charge on any atom is -0.496 e. The predicted octanol–water partition coefficient (Wildman–Crippen LogP) is 2.11. The van der Waals surface area contributed by atoms with E-state index in [2.05, 4.69) is 10.1 Å². The minimum absolute atomic E-state index is 0.154. The van der Waals surface area contributed by atoms with Crippen LogP contribution in [0.1, 0.15) is 30.8 Å². The molecule has 0 bridgehead atoms. The molecule has 1 N–H and O–H groups in total. The molecule has 0 spiro atoms. The molecule has 0 saturated heterocycles. The summed E-state index contributed by atoms with van der Waals surface area (Å²) in [7, 11) is 1.45. The second-order valence-corrected chi connectivity index (χ2v) is 4.48. The number of aliphatic hydroxyl groups is 1. The minimum atomic E-state index is -1.02. The van der Waals surface area contributed by atoms with Crippen molar-refractivity contribution in [1.29, 1.82) is 0 Å². The fraction of sp³-hybridized carbons (Fsp3) is 0.429. The van der Waals surface area contributed by atoms with Gasteiger partial charge in [-0.05, 0) is 18.6 Å². The normalized spacial score (nSPS) is 12.4. The number of rotatable bonds is 6. The van der Waals surface area contributed by atoms with Gasteiger partial charge in [-0.1, -0.05) is 13.0 Å². The van der Waals surface area contributed by atoms with E-state index in [9.17, 15) is 9.50 Å². The third kappa shape index (κ3) is 2.96. The molecule has 0 radical (unpaired) electrons. The number of aryl methyl sites for hydroxylation is 1. The van der Waals surface area contributed by atoms with Gasteiger partial charge in [0.05, 0.1) is 18.8 Å². The Kier molecular flexibility index (Phi) is 4.68. The molecule has 1 atom stereocenters. The first-order chi connectivity index (χ1) is 9.67. The first-order valence-electron chi connectivity index (χ1n) is 6.54. The first-order valence-corrected chi connectivity index (χ1v) is 6.54. The van der Waals surface area contributed by atoms with Crippen molar-refractivity contribution in [3.63, 3.8) is 0 Å². The molecule has 0 amide bonds. The van der Waals surface area contributed by atoms with Crippen LogP contribution >= 0.6 is 0 Å². The summed E-state index contributed by atoms with van der Waals surface area (Å²) in [6.07, 6.45) is 1.52. The van der Waals surface area contributed by atoms with Crippen molar-refractivity contribution in [3.8, 4) is 5.75 Å². The number of ether oxygens (including phenoxy) is 1. The Labute approximate surface area is 117 Å². The Hall–Kier alpha value is -1.95. The monoisotopic (exact) mass is 279 g/mol. The van der Waals surface area contributed by atoms with Gasteiger partial charge >= 0.3 is 0 Å². The van der Waals surface area contributed by atoms with E-state index in [1.54, 1.807) is 16.8 Å². The lowest BCUT2D eigenvalue weighted by Crippen LogP contribution is -2.12. The van der Waals surface area contributed by atoms with Crippen molar-refractivity contribution in [2.75, 3.05) is 7.11 Å². The van der Waals surface area contributed by atoms with Crippen molar-refractivity contribution in [1.82, 2.24) is 14.8 Å². The van der Waals surface area contributed by atoms with Gasteiger partial charge in [-0.3, -0.25) is 4.68 Å². The maximum atomic E-state index is 13.9. The van der Waals surface area contributed by atoms with Crippen molar-refractivity contribution in [2.45, 2.75) is 32.4 Å². The molecule has 0 saturated carbocycles. The van der Waals surface area contributed by atoms with E-state index in [0.29, 0.717) is 11.6 Å². The number of benzene rings is 1. The summed E-state index contributed by atoms with van der Waals surface area (Å²) in [5.41, 5.74) is 0.154. The standard InChI is InChI=1S/C14H18FN3O2/c1-3-7-18-13(16-9-17-18)8-11(19)14-10(15)5-4-6-12(14)20-2/h4-6,9,11,19H,3,7-8H2,1-2H3. The molecule has 0 aliphatic heterocycles. The summed E-state index contributed by atoms with van der Waals surface area (Å²) in [6, 6.07) is 4.47. The number of aromatic nitrogens is 3. The molecule has 1 unspecified atom stereocenters. The molecule has 2 rings (SSSR count). The zero-order chi connectivity index (χ0) is 14.5. The van der Waals surface area contributed by atoms with Crippen LogP contribution in [0, 0.1) is 5.82 Å². The molecular weight excluding hydrogens is 261 g/mol. The lowest BCUT2D eigenvalue weighted by molar-refractivity contribution is 0.164. The van der Waals surface area contributed by atoms with Gasteiger partial charge in [0.1, 0.15) is 23.7 Å². The third-order valence-corrected chi connectivity index (χ3v) is 3.07. The molecule has 1 heterocycles. The average molecular weight is 279 g/mol. The lowest BCUT2D eigenvalue weighted by atomic mass is 10.0. The summed E-state index contributed by atoms with van der Waals surface area (Å²) in [6.45, 7) is 2.75. The highest BCUT2D eigenvalue weighted by molar-refractivity contribution is 5.36. The number of hydrogen-bond acceptors (Lipinski definition) is 4. The topological polar surface area (TPSA) is 60.2 Å². The fourth-order valence-corrected chi connectivity index (χ4v) is 2.14. The van der Waals surface area contributed by atoms with E-state index in [1.807, 2.05) is 6.92 Å². The Balaban J connectivity index is 2.24. The molecular formula is C14H18FN3O2.